The fourth-order valence-corrected chi connectivity index (χ4v) is 0. The van der Waals surface area contributed by atoms with E-state index in [1.54, 1.807) is 0 Å². The summed E-state index contributed by atoms with van der Waals surface area (Å²) in [5.41, 5.74) is -3.11. The van der Waals surface area contributed by atoms with Crippen LogP contribution < -0.4 is 0 Å². The summed E-state index contributed by atoms with van der Waals surface area (Å²) in [6.07, 6.45) is 0. The van der Waals surface area contributed by atoms with E-state index in [0.717, 1.165) is 0 Å². The van der Waals surface area contributed by atoms with Gasteiger partial charge in [-0.05, 0) is 11.8 Å². The number of rotatable bonds is 0. The fourth-order valence-electron chi connectivity index (χ4n) is 0. The van der Waals surface area contributed by atoms with Crippen LogP contribution in [0.1, 0.15) is 0 Å². The van der Waals surface area contributed by atoms with Crippen LogP contribution in [0.25, 0.3) is 0 Å². The zero-order chi connectivity index (χ0) is 10.1. The van der Waals surface area contributed by atoms with Crippen LogP contribution in [0, 0.1) is 0 Å². The van der Waals surface area contributed by atoms with E-state index in [1.165, 1.54) is 0 Å². The predicted molar refractivity (Wildman–Crippen MR) is 39.8 cm³/mol. The van der Waals surface area contributed by atoms with Crippen molar-refractivity contribution in [3.05, 3.63) is 0 Å². The SMILES string of the molecule is O=[S-](=O)O.OP(O)(=S)S.[Mo].[O]=[Mo]. The summed E-state index contributed by atoms with van der Waals surface area (Å²) in [4.78, 5) is 15.7. The maximum absolute atomic E-state index is 8.56. The molecule has 0 fully saturated rings. The third kappa shape index (κ3) is 361. The van der Waals surface area contributed by atoms with E-state index in [2.05, 4.69) is 24.1 Å². The van der Waals surface area contributed by atoms with Gasteiger partial charge in [-0.3, -0.25) is 0 Å². The van der Waals surface area contributed by atoms with Crippen molar-refractivity contribution in [2.75, 3.05) is 0 Å². The van der Waals surface area contributed by atoms with Gasteiger partial charge < -0.3 is 22.8 Å². The molecule has 0 aromatic rings. The van der Waals surface area contributed by atoms with Crippen molar-refractivity contribution in [2.24, 2.45) is 0 Å². The van der Waals surface area contributed by atoms with Crippen molar-refractivity contribution in [2.45, 2.75) is 0 Å². The third-order valence-corrected chi connectivity index (χ3v) is 0. The van der Waals surface area contributed by atoms with Gasteiger partial charge in [0.2, 0.25) is 5.69 Å². The van der Waals surface area contributed by atoms with Gasteiger partial charge in [0.1, 0.15) is 0 Å². The normalized spacial score (nSPS) is 8.08. The summed E-state index contributed by atoms with van der Waals surface area (Å²) < 4.78 is 32.3. The molecule has 0 rings (SSSR count). The summed E-state index contributed by atoms with van der Waals surface area (Å²) >= 11 is 7.77. The summed E-state index contributed by atoms with van der Waals surface area (Å²) in [7, 11) is -2.86. The molecule has 3 N–H and O–H groups in total. The van der Waals surface area contributed by atoms with Crippen LogP contribution in [0.4, 0.5) is 0 Å². The van der Waals surface area contributed by atoms with Gasteiger partial charge in [-0.1, -0.05) is 12.2 Å². The zero-order valence-corrected chi connectivity index (χ0v) is 12.5. The Labute approximate surface area is 107 Å². The molecule has 0 atom stereocenters. The van der Waals surface area contributed by atoms with E-state index in [0.29, 0.717) is 19.8 Å². The Kier molecular flexibility index (Phi) is 30.5. The quantitative estimate of drug-likeness (QED) is 0.107. The molecule has 0 amide bonds. The van der Waals surface area contributed by atoms with Gasteiger partial charge in [-0.15, -0.1) is 0 Å². The third-order valence-electron chi connectivity index (χ3n) is 0. The molecule has 0 aliphatic rings. The molecule has 0 heterocycles. The van der Waals surface area contributed by atoms with E-state index in [4.69, 9.17) is 26.2 Å². The summed E-state index contributed by atoms with van der Waals surface area (Å²) in [5, 5.41) is 0. The molecule has 12 heteroatoms. The van der Waals surface area contributed by atoms with E-state index >= 15 is 0 Å². The Morgan fingerprint density at radius 2 is 1.33 bits per heavy atom. The second-order valence-electron chi connectivity index (χ2n) is 0.730. The monoisotopic (exact) mass is 423 g/mol. The van der Waals surface area contributed by atoms with Gasteiger partial charge in [-0.2, -0.15) is 0 Å². The second kappa shape index (κ2) is 15.5. The van der Waals surface area contributed by atoms with Gasteiger partial charge in [0.25, 0.3) is 0 Å². The Hall–Kier alpha value is 2.01. The first-order chi connectivity index (χ1) is 4.73. The first kappa shape index (κ1) is 23.7. The average molecular weight is 419 g/mol. The molecule has 12 heavy (non-hydrogen) atoms. The van der Waals surface area contributed by atoms with Crippen molar-refractivity contribution in [3.63, 3.8) is 0 Å². The molecule has 0 aromatic heterocycles. The van der Waals surface area contributed by atoms with E-state index in [9.17, 15) is 0 Å². The molecule has 0 unspecified atom stereocenters. The molecule has 0 spiro atoms. The first-order valence-electron chi connectivity index (χ1n) is 1.47. The van der Waals surface area contributed by atoms with Crippen LogP contribution in [-0.2, 0) is 75.4 Å². The van der Waals surface area contributed by atoms with E-state index < -0.39 is 16.7 Å². The fraction of sp³-hybridized carbons (Fsp3) is 0. The van der Waals surface area contributed by atoms with Gasteiger partial charge in [0, 0.05) is 32.1 Å². The van der Waals surface area contributed by atoms with Crippen LogP contribution in [0.15, 0.2) is 0 Å². The number of thiol groups is 1. The molecule has 76 valence electrons. The summed E-state index contributed by atoms with van der Waals surface area (Å²) in [6.45, 7) is 0. The molecule has 0 aliphatic carbocycles. The Morgan fingerprint density at radius 1 is 1.33 bits per heavy atom. The molecule has 0 aromatic carbocycles. The maximum atomic E-state index is 8.56. The van der Waals surface area contributed by atoms with Crippen LogP contribution in [0.5, 0.6) is 0 Å². The average Bonchev–Trinajstić information content (AvgIpc) is 1.63. The van der Waals surface area contributed by atoms with Crippen molar-refractivity contribution >= 4 is 40.7 Å². The van der Waals surface area contributed by atoms with Gasteiger partial charge >= 0.3 is 23.2 Å². The summed E-state index contributed by atoms with van der Waals surface area (Å²) in [5.74, 6) is 0. The molecule has 0 aliphatic heterocycles. The number of hydrogen-bond acceptors (Lipinski definition) is 5. The Bertz CT molecular complexity index is 167. The molecule has 0 saturated carbocycles. The Morgan fingerprint density at radius 3 is 1.33 bits per heavy atom. The van der Waals surface area contributed by atoms with Gasteiger partial charge in [0.05, 0.1) is 0 Å². The molecule has 0 bridgehead atoms. The van der Waals surface area contributed by atoms with Crippen LogP contribution in [0.2, 0.25) is 0 Å². The second-order valence-corrected chi connectivity index (χ2v) is 6.20. The zero-order valence-electron chi connectivity index (χ0n) is 5.09. The van der Waals surface area contributed by atoms with Gasteiger partial charge in [-0.25, -0.2) is 0 Å². The van der Waals surface area contributed by atoms with Crippen molar-refractivity contribution in [1.82, 2.24) is 0 Å². The predicted octanol–water partition coefficient (Wildman–Crippen LogP) is -0.230. The topological polar surface area (TPSA) is 112 Å². The van der Waals surface area contributed by atoms with E-state index in [-0.39, 0.29) is 21.1 Å². The standard InChI is InChI=1S/2Mo.HO3S.H3O2PS2.O/c;;1-4(2)3;1-3(2,4)5;/h;;(H,1,2,3);(H3,1,2,4,5);/q;;-1;;. The molecule has 0 saturated heterocycles. The minimum absolute atomic E-state index is 0. The Balaban J connectivity index is -0.0000000419. The first-order valence-corrected chi connectivity index (χ1v) is 7.18. The van der Waals surface area contributed by atoms with Crippen LogP contribution >= 0.6 is 17.9 Å². The van der Waals surface area contributed by atoms with Crippen molar-refractivity contribution in [3.8, 4) is 0 Å². The molecular formula is H4Mo2O6PS3-. The minimum atomic E-state index is -3.11. The van der Waals surface area contributed by atoms with E-state index in [1.807, 2.05) is 0 Å². The number of hydrogen-bond donors (Lipinski definition) is 4. The molecular weight excluding hydrogens is 415 g/mol. The molecule has 0 radical (unpaired) electrons. The van der Waals surface area contributed by atoms with Crippen molar-refractivity contribution in [1.29, 1.82) is 0 Å². The van der Waals surface area contributed by atoms with Crippen LogP contribution in [-0.4, -0.2) is 14.3 Å². The van der Waals surface area contributed by atoms with Crippen molar-refractivity contribution < 1.29 is 67.0 Å². The van der Waals surface area contributed by atoms with Crippen LogP contribution in [0.3, 0.4) is 0 Å². The summed E-state index contributed by atoms with van der Waals surface area (Å²) in [6, 6.07) is 0. The van der Waals surface area contributed by atoms with Gasteiger partial charge in [0.15, 0.2) is 0 Å². The molecule has 6 nitrogen and oxygen atoms in total.